The molecule has 0 bridgehead atoms. The number of nitrogens with zero attached hydrogens (tertiary/aromatic N) is 4. The number of rotatable bonds is 4. The van der Waals surface area contributed by atoms with Gasteiger partial charge >= 0.3 is 0 Å². The van der Waals surface area contributed by atoms with Gasteiger partial charge < -0.3 is 15.0 Å². The number of piperazine rings is 1. The molecule has 2 heterocycles. The number of methoxy groups -OCH3 is 1. The molecule has 2 rings (SSSR count). The molecule has 0 aliphatic carbocycles. The van der Waals surface area contributed by atoms with E-state index in [4.69, 9.17) is 4.74 Å². The predicted octanol–water partition coefficient (Wildman–Crippen LogP) is -0.0650. The van der Waals surface area contributed by atoms with Gasteiger partial charge in [-0.05, 0) is 21.1 Å². The smallest absolute Gasteiger partial charge is 0.161 e. The molecule has 1 fully saturated rings. The SMILES string of the molecule is CNC(c1c(OC)cnn1C)C1CN(C)CCN1C. The Morgan fingerprint density at radius 2 is 2.11 bits per heavy atom. The van der Waals surface area contributed by atoms with Crippen LogP contribution in [0.4, 0.5) is 0 Å². The molecular formula is C13H25N5O. The van der Waals surface area contributed by atoms with E-state index in [2.05, 4.69) is 34.3 Å². The fourth-order valence-corrected chi connectivity index (χ4v) is 2.85. The van der Waals surface area contributed by atoms with Gasteiger partial charge in [0.1, 0.15) is 0 Å². The van der Waals surface area contributed by atoms with Crippen molar-refractivity contribution in [1.82, 2.24) is 24.9 Å². The number of aryl methyl sites for hydroxylation is 1. The Bertz CT molecular complexity index is 419. The van der Waals surface area contributed by atoms with Crippen molar-refractivity contribution >= 4 is 0 Å². The van der Waals surface area contributed by atoms with E-state index in [1.54, 1.807) is 13.3 Å². The maximum Gasteiger partial charge on any atom is 0.161 e. The highest BCUT2D eigenvalue weighted by Crippen LogP contribution is 2.29. The maximum absolute atomic E-state index is 5.45. The van der Waals surface area contributed by atoms with E-state index >= 15 is 0 Å². The summed E-state index contributed by atoms with van der Waals surface area (Å²) in [6.45, 7) is 3.24. The topological polar surface area (TPSA) is 45.6 Å². The molecule has 0 amide bonds. The molecule has 0 radical (unpaired) electrons. The molecule has 1 saturated heterocycles. The summed E-state index contributed by atoms with van der Waals surface area (Å²) in [5, 5.41) is 7.75. The van der Waals surface area contributed by atoms with Gasteiger partial charge in [0.15, 0.2) is 5.75 Å². The minimum atomic E-state index is 0.204. The molecule has 0 aromatic carbocycles. The minimum absolute atomic E-state index is 0.204. The summed E-state index contributed by atoms with van der Waals surface area (Å²) in [7, 11) is 10.0. The summed E-state index contributed by atoms with van der Waals surface area (Å²) in [5.74, 6) is 0.850. The van der Waals surface area contributed by atoms with Gasteiger partial charge in [-0.3, -0.25) is 9.58 Å². The fourth-order valence-electron chi connectivity index (χ4n) is 2.85. The quantitative estimate of drug-likeness (QED) is 0.828. The van der Waals surface area contributed by atoms with Crippen molar-refractivity contribution in [2.75, 3.05) is 47.9 Å². The van der Waals surface area contributed by atoms with Gasteiger partial charge in [-0.1, -0.05) is 0 Å². The van der Waals surface area contributed by atoms with Crippen LogP contribution in [0.15, 0.2) is 6.20 Å². The van der Waals surface area contributed by atoms with Gasteiger partial charge in [0.25, 0.3) is 0 Å². The van der Waals surface area contributed by atoms with Crippen molar-refractivity contribution in [2.24, 2.45) is 7.05 Å². The average Bonchev–Trinajstić information content (AvgIpc) is 2.76. The largest absolute Gasteiger partial charge is 0.493 e. The van der Waals surface area contributed by atoms with Crippen molar-refractivity contribution in [1.29, 1.82) is 0 Å². The van der Waals surface area contributed by atoms with E-state index in [9.17, 15) is 0 Å². The molecule has 2 atom stereocenters. The van der Waals surface area contributed by atoms with Crippen LogP contribution in [0.1, 0.15) is 11.7 Å². The lowest BCUT2D eigenvalue weighted by Gasteiger charge is -2.41. The lowest BCUT2D eigenvalue weighted by atomic mass is 10.0. The van der Waals surface area contributed by atoms with Gasteiger partial charge in [-0.25, -0.2) is 0 Å². The Morgan fingerprint density at radius 1 is 1.37 bits per heavy atom. The summed E-state index contributed by atoms with van der Waals surface area (Å²) in [4.78, 5) is 4.78. The van der Waals surface area contributed by atoms with Crippen molar-refractivity contribution in [3.8, 4) is 5.75 Å². The third-order valence-electron chi connectivity index (χ3n) is 4.06. The molecule has 6 nitrogen and oxygen atoms in total. The fraction of sp³-hybridized carbons (Fsp3) is 0.769. The lowest BCUT2D eigenvalue weighted by Crippen LogP contribution is -2.55. The van der Waals surface area contributed by atoms with E-state index in [0.29, 0.717) is 6.04 Å². The molecule has 2 unspecified atom stereocenters. The monoisotopic (exact) mass is 267 g/mol. The molecule has 19 heavy (non-hydrogen) atoms. The van der Waals surface area contributed by atoms with Crippen LogP contribution in [0, 0.1) is 0 Å². The molecule has 0 spiro atoms. The standard InChI is InChI=1S/C13H25N5O/c1-14-12(10-9-16(2)6-7-17(10)3)13-11(19-5)8-15-18(13)4/h8,10,12,14H,6-7,9H2,1-5H3. The second kappa shape index (κ2) is 5.90. The van der Waals surface area contributed by atoms with E-state index in [1.165, 1.54) is 0 Å². The van der Waals surface area contributed by atoms with Crippen LogP contribution in [0.2, 0.25) is 0 Å². The number of ether oxygens (including phenoxy) is 1. The number of aromatic nitrogens is 2. The van der Waals surface area contributed by atoms with Crippen LogP contribution >= 0.6 is 0 Å². The predicted molar refractivity (Wildman–Crippen MR) is 75.5 cm³/mol. The molecule has 0 saturated carbocycles. The average molecular weight is 267 g/mol. The highest BCUT2D eigenvalue weighted by Gasteiger charge is 2.33. The van der Waals surface area contributed by atoms with Gasteiger partial charge in [0.2, 0.25) is 0 Å². The van der Waals surface area contributed by atoms with Crippen molar-refractivity contribution < 1.29 is 4.74 Å². The van der Waals surface area contributed by atoms with E-state index in [0.717, 1.165) is 31.1 Å². The molecule has 1 aromatic heterocycles. The summed E-state index contributed by atoms with van der Waals surface area (Å²) in [6.07, 6.45) is 1.78. The number of likely N-dealkylation sites (N-methyl/N-ethyl adjacent to an activating group) is 3. The van der Waals surface area contributed by atoms with E-state index in [-0.39, 0.29) is 6.04 Å². The Morgan fingerprint density at radius 3 is 2.74 bits per heavy atom. The lowest BCUT2D eigenvalue weighted by molar-refractivity contribution is 0.0869. The van der Waals surface area contributed by atoms with Gasteiger partial charge in [0.05, 0.1) is 25.0 Å². The third-order valence-corrected chi connectivity index (χ3v) is 4.06. The zero-order valence-electron chi connectivity index (χ0n) is 12.6. The minimum Gasteiger partial charge on any atom is -0.493 e. The molecular weight excluding hydrogens is 242 g/mol. The summed E-state index contributed by atoms with van der Waals surface area (Å²) in [5.41, 5.74) is 1.11. The van der Waals surface area contributed by atoms with Crippen LogP contribution in [0.5, 0.6) is 5.75 Å². The zero-order valence-corrected chi connectivity index (χ0v) is 12.6. The molecule has 1 aliphatic heterocycles. The van der Waals surface area contributed by atoms with Crippen LogP contribution in [-0.4, -0.2) is 73.5 Å². The third kappa shape index (κ3) is 2.75. The number of nitrogens with one attached hydrogen (secondary N) is 1. The Hall–Kier alpha value is -1.11. The van der Waals surface area contributed by atoms with Crippen LogP contribution in [0.25, 0.3) is 0 Å². The summed E-state index contributed by atoms with van der Waals surface area (Å²) < 4.78 is 7.35. The number of hydrogen-bond donors (Lipinski definition) is 1. The highest BCUT2D eigenvalue weighted by molar-refractivity contribution is 5.29. The Kier molecular flexibility index (Phi) is 4.44. The normalized spacial score (nSPS) is 23.5. The first kappa shape index (κ1) is 14.3. The van der Waals surface area contributed by atoms with Crippen molar-refractivity contribution in [2.45, 2.75) is 12.1 Å². The zero-order chi connectivity index (χ0) is 14.0. The van der Waals surface area contributed by atoms with Crippen molar-refractivity contribution in [3.05, 3.63) is 11.9 Å². The van der Waals surface area contributed by atoms with Crippen LogP contribution < -0.4 is 10.1 Å². The second-order valence-electron chi connectivity index (χ2n) is 5.30. The Balaban J connectivity index is 2.30. The van der Waals surface area contributed by atoms with Gasteiger partial charge in [0, 0.05) is 32.7 Å². The first-order chi connectivity index (χ1) is 9.08. The molecule has 6 heteroatoms. The van der Waals surface area contributed by atoms with E-state index in [1.807, 2.05) is 18.8 Å². The van der Waals surface area contributed by atoms with Crippen LogP contribution in [0.3, 0.4) is 0 Å². The second-order valence-corrected chi connectivity index (χ2v) is 5.30. The van der Waals surface area contributed by atoms with Crippen LogP contribution in [-0.2, 0) is 7.05 Å². The van der Waals surface area contributed by atoms with Gasteiger partial charge in [-0.15, -0.1) is 0 Å². The molecule has 1 N–H and O–H groups in total. The summed E-state index contributed by atoms with van der Waals surface area (Å²) in [6, 6.07) is 0.614. The van der Waals surface area contributed by atoms with Crippen molar-refractivity contribution in [3.63, 3.8) is 0 Å². The molecule has 1 aliphatic rings. The highest BCUT2D eigenvalue weighted by atomic mass is 16.5. The van der Waals surface area contributed by atoms with E-state index < -0.39 is 0 Å². The molecule has 1 aromatic rings. The summed E-state index contributed by atoms with van der Waals surface area (Å²) >= 11 is 0. The first-order valence-electron chi connectivity index (χ1n) is 6.70. The van der Waals surface area contributed by atoms with Gasteiger partial charge in [-0.2, -0.15) is 5.10 Å². The maximum atomic E-state index is 5.45. The molecule has 108 valence electrons. The number of hydrogen-bond acceptors (Lipinski definition) is 5. The first-order valence-corrected chi connectivity index (χ1v) is 6.70. The Labute approximate surface area is 115 Å².